The number of para-hydroxylation sites is 2. The molecule has 0 aromatic heterocycles. The fourth-order valence-electron chi connectivity index (χ4n) is 2.54. The van der Waals surface area contributed by atoms with Gasteiger partial charge in [-0.3, -0.25) is 0 Å². The minimum absolute atomic E-state index is 0.188. The number of rotatable bonds is 6. The summed E-state index contributed by atoms with van der Waals surface area (Å²) in [5.74, 6) is 0. The summed E-state index contributed by atoms with van der Waals surface area (Å²) in [6, 6.07) is 15.7. The SMILES string of the molecule is CCCc1ccccc1NC(=O)Nc1ccccc1CCC. The quantitative estimate of drug-likeness (QED) is 0.752. The van der Waals surface area contributed by atoms with Crippen molar-refractivity contribution in [3.05, 3.63) is 59.7 Å². The van der Waals surface area contributed by atoms with Crippen molar-refractivity contribution in [3.8, 4) is 0 Å². The number of benzene rings is 2. The Hall–Kier alpha value is -2.29. The predicted octanol–water partition coefficient (Wildman–Crippen LogP) is 5.24. The molecule has 0 atom stereocenters. The number of amides is 2. The highest BCUT2D eigenvalue weighted by Gasteiger charge is 2.08. The van der Waals surface area contributed by atoms with Crippen molar-refractivity contribution >= 4 is 17.4 Å². The maximum absolute atomic E-state index is 12.3. The molecule has 2 amide bonds. The van der Waals surface area contributed by atoms with Gasteiger partial charge in [-0.1, -0.05) is 63.1 Å². The highest BCUT2D eigenvalue weighted by atomic mass is 16.2. The molecule has 3 heteroatoms. The average Bonchev–Trinajstić information content (AvgIpc) is 2.52. The molecule has 3 nitrogen and oxygen atoms in total. The molecule has 2 rings (SSSR count). The molecule has 0 saturated carbocycles. The van der Waals surface area contributed by atoms with Gasteiger partial charge in [-0.05, 0) is 36.1 Å². The minimum Gasteiger partial charge on any atom is -0.307 e. The van der Waals surface area contributed by atoms with Crippen LogP contribution in [0.15, 0.2) is 48.5 Å². The molecule has 0 fully saturated rings. The van der Waals surface area contributed by atoms with E-state index in [0.717, 1.165) is 37.1 Å². The molecular formula is C19H24N2O. The summed E-state index contributed by atoms with van der Waals surface area (Å²) in [7, 11) is 0. The largest absolute Gasteiger partial charge is 0.323 e. The summed E-state index contributed by atoms with van der Waals surface area (Å²) in [6.45, 7) is 4.27. The van der Waals surface area contributed by atoms with Crippen LogP contribution in [-0.2, 0) is 12.8 Å². The first-order valence-corrected chi connectivity index (χ1v) is 7.98. The van der Waals surface area contributed by atoms with Gasteiger partial charge in [-0.15, -0.1) is 0 Å². The van der Waals surface area contributed by atoms with Crippen LogP contribution in [0.25, 0.3) is 0 Å². The van der Waals surface area contributed by atoms with Crippen LogP contribution in [0.2, 0.25) is 0 Å². The van der Waals surface area contributed by atoms with E-state index < -0.39 is 0 Å². The van der Waals surface area contributed by atoms with Gasteiger partial charge < -0.3 is 10.6 Å². The maximum atomic E-state index is 12.3. The van der Waals surface area contributed by atoms with Gasteiger partial charge in [0.15, 0.2) is 0 Å². The Morgan fingerprint density at radius 1 is 0.773 bits per heavy atom. The molecule has 0 unspecified atom stereocenters. The first kappa shape index (κ1) is 16.1. The van der Waals surface area contributed by atoms with Crippen LogP contribution in [0.3, 0.4) is 0 Å². The zero-order chi connectivity index (χ0) is 15.8. The highest BCUT2D eigenvalue weighted by Crippen LogP contribution is 2.19. The molecule has 0 aliphatic rings. The Morgan fingerprint density at radius 3 is 1.59 bits per heavy atom. The maximum Gasteiger partial charge on any atom is 0.323 e. The summed E-state index contributed by atoms with van der Waals surface area (Å²) in [4.78, 5) is 12.3. The Bertz CT molecular complexity index is 569. The molecule has 0 bridgehead atoms. The predicted molar refractivity (Wildman–Crippen MR) is 93.5 cm³/mol. The van der Waals surface area contributed by atoms with Crippen molar-refractivity contribution in [2.75, 3.05) is 10.6 Å². The van der Waals surface area contributed by atoms with Crippen molar-refractivity contribution in [3.63, 3.8) is 0 Å². The van der Waals surface area contributed by atoms with Gasteiger partial charge in [-0.25, -0.2) is 4.79 Å². The second-order valence-corrected chi connectivity index (χ2v) is 5.39. The number of carbonyl (C=O) groups is 1. The summed E-state index contributed by atoms with van der Waals surface area (Å²) in [6.07, 6.45) is 4.03. The standard InChI is InChI=1S/C19H24N2O/c1-3-9-15-11-5-7-13-17(15)20-19(22)21-18-14-8-6-12-16(18)10-4-2/h5-8,11-14H,3-4,9-10H2,1-2H3,(H2,20,21,22). The van der Waals surface area contributed by atoms with Gasteiger partial charge in [0, 0.05) is 11.4 Å². The molecule has 2 aromatic carbocycles. The van der Waals surface area contributed by atoms with Crippen LogP contribution in [-0.4, -0.2) is 6.03 Å². The van der Waals surface area contributed by atoms with E-state index in [0.29, 0.717) is 0 Å². The van der Waals surface area contributed by atoms with Crippen LogP contribution < -0.4 is 10.6 Å². The van der Waals surface area contributed by atoms with Crippen LogP contribution in [0, 0.1) is 0 Å². The normalized spacial score (nSPS) is 10.3. The molecule has 0 saturated heterocycles. The lowest BCUT2D eigenvalue weighted by atomic mass is 10.1. The van der Waals surface area contributed by atoms with Crippen molar-refractivity contribution in [2.24, 2.45) is 0 Å². The molecule has 2 aromatic rings. The molecule has 116 valence electrons. The number of aryl methyl sites for hydroxylation is 2. The average molecular weight is 296 g/mol. The van der Waals surface area contributed by atoms with E-state index in [-0.39, 0.29) is 6.03 Å². The van der Waals surface area contributed by atoms with Crippen LogP contribution in [0.1, 0.15) is 37.8 Å². The summed E-state index contributed by atoms with van der Waals surface area (Å²) in [5, 5.41) is 5.93. The van der Waals surface area contributed by atoms with Crippen LogP contribution >= 0.6 is 0 Å². The smallest absolute Gasteiger partial charge is 0.307 e. The number of anilines is 2. The fraction of sp³-hybridized carbons (Fsp3) is 0.316. The van der Waals surface area contributed by atoms with Crippen molar-refractivity contribution in [2.45, 2.75) is 39.5 Å². The minimum atomic E-state index is -0.188. The number of urea groups is 1. The van der Waals surface area contributed by atoms with E-state index in [1.807, 2.05) is 36.4 Å². The van der Waals surface area contributed by atoms with E-state index >= 15 is 0 Å². The Kier molecular flexibility index (Phi) is 6.01. The van der Waals surface area contributed by atoms with E-state index in [1.54, 1.807) is 0 Å². The summed E-state index contributed by atoms with van der Waals surface area (Å²) in [5.41, 5.74) is 4.11. The van der Waals surface area contributed by atoms with Crippen LogP contribution in [0.4, 0.5) is 16.2 Å². The third kappa shape index (κ3) is 4.35. The molecule has 22 heavy (non-hydrogen) atoms. The molecule has 2 N–H and O–H groups in total. The third-order valence-electron chi connectivity index (χ3n) is 3.57. The lowest BCUT2D eigenvalue weighted by molar-refractivity contribution is 0.262. The number of hydrogen-bond donors (Lipinski definition) is 2. The Morgan fingerprint density at radius 2 is 1.18 bits per heavy atom. The first-order valence-electron chi connectivity index (χ1n) is 7.98. The van der Waals surface area contributed by atoms with E-state index in [9.17, 15) is 4.79 Å². The molecule has 0 heterocycles. The van der Waals surface area contributed by atoms with E-state index in [2.05, 4.69) is 36.6 Å². The van der Waals surface area contributed by atoms with Gasteiger partial charge in [0.05, 0.1) is 0 Å². The van der Waals surface area contributed by atoms with Crippen molar-refractivity contribution in [1.29, 1.82) is 0 Å². The first-order chi connectivity index (χ1) is 10.7. The number of hydrogen-bond acceptors (Lipinski definition) is 1. The number of nitrogens with one attached hydrogen (secondary N) is 2. The highest BCUT2D eigenvalue weighted by molar-refractivity contribution is 6.00. The van der Waals surface area contributed by atoms with E-state index in [4.69, 9.17) is 0 Å². The summed E-state index contributed by atoms with van der Waals surface area (Å²) >= 11 is 0. The molecule has 0 radical (unpaired) electrons. The van der Waals surface area contributed by atoms with E-state index in [1.165, 1.54) is 11.1 Å². The topological polar surface area (TPSA) is 41.1 Å². The zero-order valence-electron chi connectivity index (χ0n) is 13.4. The Labute approximate surface area is 132 Å². The number of carbonyl (C=O) groups excluding carboxylic acids is 1. The van der Waals surface area contributed by atoms with Gasteiger partial charge in [0.1, 0.15) is 0 Å². The van der Waals surface area contributed by atoms with Crippen molar-refractivity contribution in [1.82, 2.24) is 0 Å². The fourth-order valence-corrected chi connectivity index (χ4v) is 2.54. The monoisotopic (exact) mass is 296 g/mol. The van der Waals surface area contributed by atoms with Crippen molar-refractivity contribution < 1.29 is 4.79 Å². The Balaban J connectivity index is 2.08. The van der Waals surface area contributed by atoms with Crippen LogP contribution in [0.5, 0.6) is 0 Å². The van der Waals surface area contributed by atoms with Gasteiger partial charge in [0.2, 0.25) is 0 Å². The second kappa shape index (κ2) is 8.23. The van der Waals surface area contributed by atoms with Gasteiger partial charge >= 0.3 is 6.03 Å². The third-order valence-corrected chi connectivity index (χ3v) is 3.57. The lowest BCUT2D eigenvalue weighted by Gasteiger charge is -2.13. The van der Waals surface area contributed by atoms with Gasteiger partial charge in [0.25, 0.3) is 0 Å². The summed E-state index contributed by atoms with van der Waals surface area (Å²) < 4.78 is 0. The molecule has 0 spiro atoms. The second-order valence-electron chi connectivity index (χ2n) is 5.39. The lowest BCUT2D eigenvalue weighted by Crippen LogP contribution is -2.21. The molecule has 0 aliphatic carbocycles. The molecular weight excluding hydrogens is 272 g/mol. The molecule has 0 aliphatic heterocycles. The van der Waals surface area contributed by atoms with Gasteiger partial charge in [-0.2, -0.15) is 0 Å². The zero-order valence-corrected chi connectivity index (χ0v) is 13.4.